The predicted molar refractivity (Wildman–Crippen MR) is 143 cm³/mol. The van der Waals surface area contributed by atoms with E-state index in [-0.39, 0.29) is 11.6 Å². The molecule has 2 N–H and O–H groups in total. The molecule has 0 radical (unpaired) electrons. The molecule has 1 saturated heterocycles. The monoisotopic (exact) mass is 502 g/mol. The van der Waals surface area contributed by atoms with Crippen molar-refractivity contribution in [2.75, 3.05) is 32.1 Å². The zero-order valence-corrected chi connectivity index (χ0v) is 21.1. The molecular weight excluding hydrogens is 472 g/mol. The minimum absolute atomic E-state index is 0.0144. The average Bonchev–Trinajstić information content (AvgIpc) is 3.07. The van der Waals surface area contributed by atoms with E-state index in [1.165, 1.54) is 4.90 Å². The number of piperidine rings is 1. The molecule has 3 aromatic rings. The third kappa shape index (κ3) is 4.62. The Kier molecular flexibility index (Phi) is 6.56. The van der Waals surface area contributed by atoms with Gasteiger partial charge in [0.05, 0.1) is 12.7 Å². The Labute approximate surface area is 214 Å². The molecule has 1 aromatic carbocycles. The summed E-state index contributed by atoms with van der Waals surface area (Å²) < 4.78 is 7.34. The zero-order chi connectivity index (χ0) is 26.1. The van der Waals surface area contributed by atoms with Gasteiger partial charge >= 0.3 is 6.09 Å². The van der Waals surface area contributed by atoms with Gasteiger partial charge in [-0.2, -0.15) is 5.10 Å². The molecule has 0 spiro atoms. The molecule has 1 aliphatic carbocycles. The van der Waals surface area contributed by atoms with Crippen molar-refractivity contribution in [1.82, 2.24) is 24.6 Å². The number of anilines is 1. The molecule has 37 heavy (non-hydrogen) atoms. The fraction of sp³-hybridized carbons (Fsp3) is 0.333. The Bertz CT molecular complexity index is 1490. The molecule has 5 rings (SSSR count). The van der Waals surface area contributed by atoms with Crippen LogP contribution in [0.15, 0.2) is 53.4 Å². The highest BCUT2D eigenvalue weighted by molar-refractivity contribution is 5.90. The van der Waals surface area contributed by atoms with Crippen molar-refractivity contribution in [3.63, 3.8) is 0 Å². The molecule has 1 fully saturated rings. The number of hydrogen-bond donors (Lipinski definition) is 2. The van der Waals surface area contributed by atoms with Crippen LogP contribution in [0, 0.1) is 0 Å². The summed E-state index contributed by atoms with van der Waals surface area (Å²) in [5, 5.41) is 14.3. The quantitative estimate of drug-likeness (QED) is 0.545. The topological polar surface area (TPSA) is 117 Å². The lowest BCUT2D eigenvalue weighted by atomic mass is 10.0. The first-order valence-corrected chi connectivity index (χ1v) is 12.3. The number of allylic oxidation sites excluding steroid dienone is 6. The number of rotatable bonds is 5. The van der Waals surface area contributed by atoms with Crippen LogP contribution in [0.5, 0.6) is 5.75 Å². The van der Waals surface area contributed by atoms with E-state index in [9.17, 15) is 14.7 Å². The van der Waals surface area contributed by atoms with Crippen LogP contribution in [0.2, 0.25) is 0 Å². The van der Waals surface area contributed by atoms with Gasteiger partial charge in [0.25, 0.3) is 5.56 Å². The molecule has 2 aliphatic rings. The van der Waals surface area contributed by atoms with E-state index in [0.717, 1.165) is 37.2 Å². The van der Waals surface area contributed by atoms with Gasteiger partial charge in [-0.1, -0.05) is 30.4 Å². The standard InChI is InChI=1S/C27H30N6O4/c1-31(27(35)36)18-12-14-33(15-13-18)19-10-11-20(21(16-19)37-3)24-28-25-22(26(34)29-24)23(30-32(25)2)17-8-6-4-5-7-9-17/h4-8,10-11,16,18H,9,12-15H2,1-3H3,(H,35,36)(H,28,29,34). The number of aromatic nitrogens is 4. The van der Waals surface area contributed by atoms with Crippen LogP contribution < -0.4 is 15.2 Å². The third-order valence-corrected chi connectivity index (χ3v) is 7.11. The number of methoxy groups -OCH3 is 1. The molecule has 3 heterocycles. The van der Waals surface area contributed by atoms with Crippen LogP contribution in [0.4, 0.5) is 10.5 Å². The molecule has 0 atom stereocenters. The number of benzene rings is 1. The number of nitrogens with zero attached hydrogens (tertiary/aromatic N) is 5. The van der Waals surface area contributed by atoms with E-state index in [2.05, 4.69) is 15.0 Å². The largest absolute Gasteiger partial charge is 0.496 e. The van der Waals surface area contributed by atoms with Crippen molar-refractivity contribution in [1.29, 1.82) is 0 Å². The fourth-order valence-electron chi connectivity index (χ4n) is 5.00. The third-order valence-electron chi connectivity index (χ3n) is 7.11. The Morgan fingerprint density at radius 1 is 1.22 bits per heavy atom. The molecule has 192 valence electrons. The van der Waals surface area contributed by atoms with E-state index >= 15 is 0 Å². The van der Waals surface area contributed by atoms with E-state index < -0.39 is 6.09 Å². The van der Waals surface area contributed by atoms with Crippen molar-refractivity contribution >= 4 is 28.4 Å². The molecule has 10 heteroatoms. The number of carboxylic acid groups (broad SMARTS) is 1. The maximum atomic E-state index is 13.3. The predicted octanol–water partition coefficient (Wildman–Crippen LogP) is 3.81. The van der Waals surface area contributed by atoms with Crippen molar-refractivity contribution in [2.45, 2.75) is 25.3 Å². The van der Waals surface area contributed by atoms with Crippen LogP contribution >= 0.6 is 0 Å². The Morgan fingerprint density at radius 3 is 2.73 bits per heavy atom. The fourth-order valence-corrected chi connectivity index (χ4v) is 5.00. The number of nitrogens with one attached hydrogen (secondary N) is 1. The van der Waals surface area contributed by atoms with Crippen LogP contribution in [0.1, 0.15) is 25.0 Å². The summed E-state index contributed by atoms with van der Waals surface area (Å²) in [6, 6.07) is 5.83. The van der Waals surface area contributed by atoms with Crippen molar-refractivity contribution in [3.8, 4) is 17.1 Å². The number of amides is 1. The number of aromatic amines is 1. The number of carbonyl (C=O) groups is 1. The highest BCUT2D eigenvalue weighted by Gasteiger charge is 2.26. The molecule has 1 aliphatic heterocycles. The van der Waals surface area contributed by atoms with Gasteiger partial charge in [0.15, 0.2) is 5.65 Å². The second-order valence-corrected chi connectivity index (χ2v) is 9.29. The maximum absolute atomic E-state index is 13.3. The number of hydrogen-bond acceptors (Lipinski definition) is 6. The highest BCUT2D eigenvalue weighted by atomic mass is 16.5. The van der Waals surface area contributed by atoms with E-state index in [0.29, 0.717) is 40.3 Å². The maximum Gasteiger partial charge on any atom is 0.407 e. The average molecular weight is 503 g/mol. The first kappa shape index (κ1) is 24.4. The summed E-state index contributed by atoms with van der Waals surface area (Å²) in [6.07, 6.45) is 11.2. The summed E-state index contributed by atoms with van der Waals surface area (Å²) in [7, 11) is 5.00. The van der Waals surface area contributed by atoms with Gasteiger partial charge in [-0.25, -0.2) is 14.5 Å². The summed E-state index contributed by atoms with van der Waals surface area (Å²) >= 11 is 0. The van der Waals surface area contributed by atoms with Crippen LogP contribution in [0.3, 0.4) is 0 Å². The molecule has 10 nitrogen and oxygen atoms in total. The second kappa shape index (κ2) is 9.96. The number of ether oxygens (including phenoxy) is 1. The lowest BCUT2D eigenvalue weighted by molar-refractivity contribution is 0.131. The van der Waals surface area contributed by atoms with Crippen molar-refractivity contribution in [3.05, 3.63) is 64.6 Å². The molecule has 0 saturated carbocycles. The molecular formula is C27H30N6O4. The lowest BCUT2D eigenvalue weighted by Crippen LogP contribution is -2.45. The number of aryl methyl sites for hydroxylation is 1. The van der Waals surface area contributed by atoms with Gasteiger partial charge in [0.1, 0.15) is 22.7 Å². The molecule has 0 bridgehead atoms. The van der Waals surface area contributed by atoms with Gasteiger partial charge < -0.3 is 24.6 Å². The minimum atomic E-state index is -0.900. The highest BCUT2D eigenvalue weighted by Crippen LogP contribution is 2.34. The van der Waals surface area contributed by atoms with Crippen LogP contribution in [-0.2, 0) is 7.05 Å². The zero-order valence-electron chi connectivity index (χ0n) is 21.1. The van der Waals surface area contributed by atoms with E-state index in [1.54, 1.807) is 25.9 Å². The lowest BCUT2D eigenvalue weighted by Gasteiger charge is -2.37. The Hall–Kier alpha value is -4.34. The summed E-state index contributed by atoms with van der Waals surface area (Å²) in [5.74, 6) is 1.00. The minimum Gasteiger partial charge on any atom is -0.496 e. The van der Waals surface area contributed by atoms with Crippen molar-refractivity contribution < 1.29 is 14.6 Å². The van der Waals surface area contributed by atoms with Crippen molar-refractivity contribution in [2.24, 2.45) is 7.05 Å². The Balaban J connectivity index is 1.46. The number of H-pyrrole nitrogens is 1. The SMILES string of the molecule is COc1cc(N2CCC(N(C)C(=O)O)CC2)ccc1-c1nc2c(c(C3=CC=CC=CC3)nn2C)c(=O)[nH]1. The summed E-state index contributed by atoms with van der Waals surface area (Å²) in [6.45, 7) is 1.48. The smallest absolute Gasteiger partial charge is 0.407 e. The first-order valence-electron chi connectivity index (χ1n) is 12.3. The van der Waals surface area contributed by atoms with Gasteiger partial charge in [-0.3, -0.25) is 4.79 Å². The second-order valence-electron chi connectivity index (χ2n) is 9.29. The summed E-state index contributed by atoms with van der Waals surface area (Å²) in [4.78, 5) is 35.9. The van der Waals surface area contributed by atoms with Crippen LogP contribution in [0.25, 0.3) is 28.0 Å². The molecule has 0 unspecified atom stereocenters. The normalized spacial score (nSPS) is 16.1. The van der Waals surface area contributed by atoms with E-state index in [4.69, 9.17) is 9.72 Å². The molecule has 2 aromatic heterocycles. The van der Waals surface area contributed by atoms with Crippen LogP contribution in [-0.4, -0.2) is 69.1 Å². The Morgan fingerprint density at radius 2 is 2.00 bits per heavy atom. The van der Waals surface area contributed by atoms with Gasteiger partial charge in [0.2, 0.25) is 0 Å². The van der Waals surface area contributed by atoms with E-state index in [1.807, 2.05) is 48.6 Å². The van der Waals surface area contributed by atoms with Gasteiger partial charge in [0, 0.05) is 45.0 Å². The number of fused-ring (bicyclic) bond motifs is 1. The summed E-state index contributed by atoms with van der Waals surface area (Å²) in [5.41, 5.74) is 3.49. The molecule has 1 amide bonds. The van der Waals surface area contributed by atoms with Gasteiger partial charge in [-0.05, 0) is 37.0 Å². The van der Waals surface area contributed by atoms with Gasteiger partial charge in [-0.15, -0.1) is 0 Å². The first-order chi connectivity index (χ1) is 17.9.